The predicted octanol–water partition coefficient (Wildman–Crippen LogP) is 4.22. The molecule has 1 aliphatic rings. The van der Waals surface area contributed by atoms with Gasteiger partial charge in [-0.25, -0.2) is 0 Å². The molecular formula is C24H22N4O2S. The highest BCUT2D eigenvalue weighted by Gasteiger charge is 2.23. The van der Waals surface area contributed by atoms with Crippen LogP contribution in [-0.4, -0.2) is 42.9 Å². The summed E-state index contributed by atoms with van der Waals surface area (Å²) in [5, 5.41) is 15.5. The molecule has 31 heavy (non-hydrogen) atoms. The molecule has 0 radical (unpaired) electrons. The van der Waals surface area contributed by atoms with Crippen molar-refractivity contribution in [2.24, 2.45) is 0 Å². The Balaban J connectivity index is 1.46. The summed E-state index contributed by atoms with van der Waals surface area (Å²) in [4.78, 5) is 29.8. The molecular weight excluding hydrogens is 408 g/mol. The number of hydrogen-bond acceptors (Lipinski definition) is 5. The van der Waals surface area contributed by atoms with Crippen LogP contribution in [0.4, 0.5) is 11.4 Å². The highest BCUT2D eigenvalue weighted by molar-refractivity contribution is 7.08. The molecule has 1 aromatic heterocycles. The van der Waals surface area contributed by atoms with Gasteiger partial charge in [0.15, 0.2) is 0 Å². The smallest absolute Gasteiger partial charge is 0.256 e. The maximum atomic E-state index is 13.3. The third-order valence-electron chi connectivity index (χ3n) is 5.33. The van der Waals surface area contributed by atoms with Crippen molar-refractivity contribution in [3.63, 3.8) is 0 Å². The van der Waals surface area contributed by atoms with Crippen molar-refractivity contribution in [3.8, 4) is 6.07 Å². The average Bonchev–Trinajstić information content (AvgIpc) is 3.24. The van der Waals surface area contributed by atoms with E-state index in [2.05, 4.69) is 16.3 Å². The van der Waals surface area contributed by atoms with Crippen LogP contribution in [0.25, 0.3) is 0 Å². The summed E-state index contributed by atoms with van der Waals surface area (Å²) in [5.74, 6) is -0.299. The van der Waals surface area contributed by atoms with Crippen LogP contribution < -0.4 is 10.2 Å². The standard InChI is InChI=1S/C24H22N4O2S/c25-16-18-6-8-20(9-7-18)27-11-3-12-28(14-13-27)24(30)21-4-1-2-5-22(21)26-23(29)19-10-15-31-17-19/h1-2,4-10,15,17H,3,11-14H2,(H,26,29). The molecule has 0 atom stereocenters. The lowest BCUT2D eigenvalue weighted by Crippen LogP contribution is -2.35. The molecule has 2 aromatic carbocycles. The number of carbonyl (C=O) groups is 2. The Morgan fingerprint density at radius 2 is 1.77 bits per heavy atom. The molecule has 7 heteroatoms. The number of rotatable bonds is 4. The fourth-order valence-electron chi connectivity index (χ4n) is 3.66. The number of nitrogens with one attached hydrogen (secondary N) is 1. The maximum Gasteiger partial charge on any atom is 0.256 e. The van der Waals surface area contributed by atoms with Crippen LogP contribution in [0.5, 0.6) is 0 Å². The van der Waals surface area contributed by atoms with Gasteiger partial charge in [0.25, 0.3) is 11.8 Å². The van der Waals surface area contributed by atoms with Crippen LogP contribution in [0.15, 0.2) is 65.4 Å². The van der Waals surface area contributed by atoms with Crippen molar-refractivity contribution in [1.29, 1.82) is 5.26 Å². The molecule has 0 spiro atoms. The first-order chi connectivity index (χ1) is 15.2. The number of nitriles is 1. The second-order valence-electron chi connectivity index (χ2n) is 7.30. The van der Waals surface area contributed by atoms with Gasteiger partial charge in [-0.1, -0.05) is 12.1 Å². The largest absolute Gasteiger partial charge is 0.370 e. The van der Waals surface area contributed by atoms with Gasteiger partial charge in [-0.15, -0.1) is 0 Å². The Morgan fingerprint density at radius 1 is 0.968 bits per heavy atom. The van der Waals surface area contributed by atoms with E-state index in [0.29, 0.717) is 42.0 Å². The molecule has 4 rings (SSSR count). The van der Waals surface area contributed by atoms with Crippen molar-refractivity contribution in [2.45, 2.75) is 6.42 Å². The van der Waals surface area contributed by atoms with Gasteiger partial charge in [-0.05, 0) is 54.3 Å². The highest BCUT2D eigenvalue weighted by atomic mass is 32.1. The van der Waals surface area contributed by atoms with Crippen molar-refractivity contribution in [1.82, 2.24) is 4.90 Å². The Hall–Kier alpha value is -3.63. The number of hydrogen-bond donors (Lipinski definition) is 1. The zero-order chi connectivity index (χ0) is 21.6. The summed E-state index contributed by atoms with van der Waals surface area (Å²) >= 11 is 1.46. The fraction of sp³-hybridized carbons (Fsp3) is 0.208. The number of anilines is 2. The maximum absolute atomic E-state index is 13.3. The number of nitrogens with zero attached hydrogens (tertiary/aromatic N) is 3. The molecule has 1 saturated heterocycles. The van der Waals surface area contributed by atoms with Crippen LogP contribution in [0.2, 0.25) is 0 Å². The van der Waals surface area contributed by atoms with Crippen LogP contribution in [0.3, 0.4) is 0 Å². The van der Waals surface area contributed by atoms with Crippen molar-refractivity contribution >= 4 is 34.5 Å². The second-order valence-corrected chi connectivity index (χ2v) is 8.08. The molecule has 0 aliphatic carbocycles. The number of para-hydroxylation sites is 1. The number of thiophene rings is 1. The van der Waals surface area contributed by atoms with Gasteiger partial charge in [-0.2, -0.15) is 16.6 Å². The average molecular weight is 431 g/mol. The van der Waals surface area contributed by atoms with Crippen LogP contribution in [0, 0.1) is 11.3 Å². The normalized spacial score (nSPS) is 13.9. The molecule has 1 aliphatic heterocycles. The molecule has 156 valence electrons. The summed E-state index contributed by atoms with van der Waals surface area (Å²) in [5.41, 5.74) is 3.29. The molecule has 0 unspecified atom stereocenters. The quantitative estimate of drug-likeness (QED) is 0.672. The summed E-state index contributed by atoms with van der Waals surface area (Å²) < 4.78 is 0. The molecule has 1 N–H and O–H groups in total. The van der Waals surface area contributed by atoms with E-state index in [0.717, 1.165) is 18.7 Å². The molecule has 3 aromatic rings. The minimum atomic E-state index is -0.218. The third-order valence-corrected chi connectivity index (χ3v) is 6.02. The van der Waals surface area contributed by atoms with Gasteiger partial charge in [0.1, 0.15) is 0 Å². The van der Waals surface area contributed by atoms with E-state index >= 15 is 0 Å². The number of amides is 2. The molecule has 1 fully saturated rings. The number of carbonyl (C=O) groups excluding carboxylic acids is 2. The first kappa shape index (κ1) is 20.6. The summed E-state index contributed by atoms with van der Waals surface area (Å²) in [6.07, 6.45) is 0.842. The summed E-state index contributed by atoms with van der Waals surface area (Å²) in [7, 11) is 0. The van der Waals surface area contributed by atoms with Crippen LogP contribution in [0.1, 0.15) is 32.7 Å². The van der Waals surface area contributed by atoms with Crippen LogP contribution >= 0.6 is 11.3 Å². The van der Waals surface area contributed by atoms with Gasteiger partial charge in [-0.3, -0.25) is 9.59 Å². The van der Waals surface area contributed by atoms with Gasteiger partial charge < -0.3 is 15.1 Å². The third kappa shape index (κ3) is 4.76. The van der Waals surface area contributed by atoms with Crippen molar-refractivity contribution < 1.29 is 9.59 Å². The lowest BCUT2D eigenvalue weighted by atomic mass is 10.1. The van der Waals surface area contributed by atoms with Gasteiger partial charge >= 0.3 is 0 Å². The van der Waals surface area contributed by atoms with E-state index < -0.39 is 0 Å². The zero-order valence-corrected chi connectivity index (χ0v) is 17.8. The van der Waals surface area contributed by atoms with E-state index in [-0.39, 0.29) is 11.8 Å². The van der Waals surface area contributed by atoms with E-state index in [4.69, 9.17) is 5.26 Å². The SMILES string of the molecule is N#Cc1ccc(N2CCCN(C(=O)c3ccccc3NC(=O)c3ccsc3)CC2)cc1. The lowest BCUT2D eigenvalue weighted by molar-refractivity contribution is 0.0768. The second kappa shape index (κ2) is 9.45. The minimum Gasteiger partial charge on any atom is -0.370 e. The van der Waals surface area contributed by atoms with Crippen molar-refractivity contribution in [2.75, 3.05) is 36.4 Å². The molecule has 6 nitrogen and oxygen atoms in total. The van der Waals surface area contributed by atoms with Gasteiger partial charge in [0, 0.05) is 37.2 Å². The first-order valence-corrected chi connectivity index (χ1v) is 11.1. The van der Waals surface area contributed by atoms with Crippen molar-refractivity contribution in [3.05, 3.63) is 82.0 Å². The molecule has 2 heterocycles. The van der Waals surface area contributed by atoms with Crippen LogP contribution in [-0.2, 0) is 0 Å². The summed E-state index contributed by atoms with van der Waals surface area (Å²) in [6.45, 7) is 2.79. The Kier molecular flexibility index (Phi) is 6.29. The Bertz CT molecular complexity index is 1100. The topological polar surface area (TPSA) is 76.4 Å². The van der Waals surface area contributed by atoms with Gasteiger partial charge in [0.2, 0.25) is 0 Å². The van der Waals surface area contributed by atoms with Gasteiger partial charge in [0.05, 0.1) is 28.4 Å². The molecule has 0 bridgehead atoms. The zero-order valence-electron chi connectivity index (χ0n) is 17.0. The fourth-order valence-corrected chi connectivity index (χ4v) is 4.30. The molecule has 0 saturated carbocycles. The number of benzene rings is 2. The van der Waals surface area contributed by atoms with E-state index in [9.17, 15) is 9.59 Å². The minimum absolute atomic E-state index is 0.0807. The summed E-state index contributed by atoms with van der Waals surface area (Å²) in [6, 6.07) is 18.6. The van der Waals surface area contributed by atoms with E-state index in [1.165, 1.54) is 11.3 Å². The monoisotopic (exact) mass is 430 g/mol. The first-order valence-electron chi connectivity index (χ1n) is 10.1. The molecule has 2 amide bonds. The van der Waals surface area contributed by atoms with E-state index in [1.807, 2.05) is 46.7 Å². The van der Waals surface area contributed by atoms with E-state index in [1.54, 1.807) is 23.6 Å². The predicted molar refractivity (Wildman–Crippen MR) is 123 cm³/mol. The Labute approximate surface area is 185 Å². The highest BCUT2D eigenvalue weighted by Crippen LogP contribution is 2.22. The Morgan fingerprint density at radius 3 is 2.52 bits per heavy atom. The lowest BCUT2D eigenvalue weighted by Gasteiger charge is -2.24.